The molecule has 1 unspecified atom stereocenters. The van der Waals surface area contributed by atoms with Crippen LogP contribution in [0.4, 0.5) is 0 Å². The molecular formula is C27H40O9. The van der Waals surface area contributed by atoms with Crippen LogP contribution in [-0.4, -0.2) is 77.8 Å². The number of ether oxygens (including phenoxy) is 6. The van der Waals surface area contributed by atoms with Crippen LogP contribution in [0.1, 0.15) is 37.7 Å². The second-order valence-electron chi connectivity index (χ2n) is 10.4. The Morgan fingerprint density at radius 3 is 1.86 bits per heavy atom. The number of rotatable bonds is 15. The molecule has 202 valence electrons. The van der Waals surface area contributed by atoms with Crippen molar-refractivity contribution < 1.29 is 43.3 Å². The van der Waals surface area contributed by atoms with E-state index in [-0.39, 0.29) is 5.75 Å². The number of aromatic hydroxyl groups is 1. The minimum absolute atomic E-state index is 0.0511. The van der Waals surface area contributed by atoms with Gasteiger partial charge < -0.3 is 33.5 Å². The summed E-state index contributed by atoms with van der Waals surface area (Å²) in [5.74, 6) is 1.90. The maximum absolute atomic E-state index is 10.7. The zero-order valence-corrected chi connectivity index (χ0v) is 21.4. The minimum atomic E-state index is -0.996. The summed E-state index contributed by atoms with van der Waals surface area (Å²) in [6, 6.07) is 5.37. The molecule has 4 saturated carbocycles. The van der Waals surface area contributed by atoms with E-state index in [1.165, 1.54) is 32.1 Å². The van der Waals surface area contributed by atoms with Gasteiger partial charge in [0.1, 0.15) is 6.61 Å². The van der Waals surface area contributed by atoms with Crippen molar-refractivity contribution in [1.82, 2.24) is 0 Å². The van der Waals surface area contributed by atoms with Gasteiger partial charge in [0.05, 0.1) is 46.2 Å². The topological polar surface area (TPSA) is 94.1 Å². The second-order valence-corrected chi connectivity index (χ2v) is 10.4. The number of methoxy groups -OCH3 is 2. The van der Waals surface area contributed by atoms with Crippen LogP contribution in [-0.2, 0) is 39.2 Å². The van der Waals surface area contributed by atoms with Gasteiger partial charge in [0.25, 0.3) is 5.79 Å². The third kappa shape index (κ3) is 4.75. The van der Waals surface area contributed by atoms with Crippen LogP contribution in [0.25, 0.3) is 0 Å². The van der Waals surface area contributed by atoms with Crippen LogP contribution in [0.2, 0.25) is 0 Å². The molecular weight excluding hydrogens is 468 g/mol. The lowest BCUT2D eigenvalue weighted by molar-refractivity contribution is -0.645. The molecule has 1 aromatic rings. The highest BCUT2D eigenvalue weighted by Gasteiger charge is 2.76. The molecule has 9 nitrogen and oxygen atoms in total. The van der Waals surface area contributed by atoms with Crippen molar-refractivity contribution in [3.8, 4) is 11.5 Å². The van der Waals surface area contributed by atoms with Crippen molar-refractivity contribution in [3.05, 3.63) is 23.8 Å². The number of phenols is 1. The van der Waals surface area contributed by atoms with Crippen molar-refractivity contribution in [2.45, 2.75) is 43.5 Å². The monoisotopic (exact) mass is 508 g/mol. The van der Waals surface area contributed by atoms with Crippen LogP contribution in [0, 0.1) is 23.7 Å². The first kappa shape index (κ1) is 26.2. The number of phenolic OH excluding ortho intramolecular Hbond substituents is 1. The van der Waals surface area contributed by atoms with Gasteiger partial charge >= 0.3 is 0 Å². The lowest BCUT2D eigenvalue weighted by atomic mass is 9.47. The summed E-state index contributed by atoms with van der Waals surface area (Å²) in [4.78, 5) is 11.8. The van der Waals surface area contributed by atoms with Gasteiger partial charge in [-0.15, -0.1) is 0 Å². The lowest BCUT2D eigenvalue weighted by Gasteiger charge is -2.68. The van der Waals surface area contributed by atoms with E-state index in [0.29, 0.717) is 70.4 Å². The van der Waals surface area contributed by atoms with Crippen molar-refractivity contribution in [3.63, 3.8) is 0 Å². The molecule has 1 aromatic carbocycles. The summed E-state index contributed by atoms with van der Waals surface area (Å²) in [7, 11) is 3.32. The molecule has 9 heteroatoms. The smallest absolute Gasteiger partial charge is 0.260 e. The molecule has 0 aromatic heterocycles. The predicted molar refractivity (Wildman–Crippen MR) is 129 cm³/mol. The van der Waals surface area contributed by atoms with Gasteiger partial charge in [0, 0.05) is 19.8 Å². The van der Waals surface area contributed by atoms with E-state index >= 15 is 0 Å². The largest absolute Gasteiger partial charge is 0.504 e. The van der Waals surface area contributed by atoms with E-state index in [0.717, 1.165) is 17.4 Å². The fourth-order valence-corrected chi connectivity index (χ4v) is 7.10. The first-order valence-electron chi connectivity index (χ1n) is 13.2. The number of hydrogen-bond acceptors (Lipinski definition) is 9. The summed E-state index contributed by atoms with van der Waals surface area (Å²) in [6.07, 6.45) is 6.03. The molecule has 1 heterocycles. The summed E-state index contributed by atoms with van der Waals surface area (Å²) in [5.41, 5.74) is 0.295. The zero-order valence-electron chi connectivity index (χ0n) is 21.4. The van der Waals surface area contributed by atoms with Gasteiger partial charge in [-0.05, 0) is 74.0 Å². The van der Waals surface area contributed by atoms with Gasteiger partial charge in [-0.2, -0.15) is 4.89 Å². The van der Waals surface area contributed by atoms with Crippen LogP contribution in [0.5, 0.6) is 11.5 Å². The number of hydrogen-bond donors (Lipinski definition) is 1. The van der Waals surface area contributed by atoms with Gasteiger partial charge in [0.2, 0.25) is 0 Å². The predicted octanol–water partition coefficient (Wildman–Crippen LogP) is 3.42. The molecule has 36 heavy (non-hydrogen) atoms. The molecule has 5 aliphatic rings. The molecule has 5 fully saturated rings. The van der Waals surface area contributed by atoms with Crippen molar-refractivity contribution in [2.24, 2.45) is 23.7 Å². The Morgan fingerprint density at radius 2 is 1.36 bits per heavy atom. The highest BCUT2D eigenvalue weighted by molar-refractivity contribution is 5.45. The molecule has 1 aliphatic heterocycles. The van der Waals surface area contributed by atoms with E-state index in [1.54, 1.807) is 26.4 Å². The normalized spacial score (nSPS) is 34.3. The molecule has 1 atom stereocenters. The van der Waals surface area contributed by atoms with Crippen LogP contribution in [0.3, 0.4) is 0 Å². The molecule has 0 radical (unpaired) electrons. The Labute approximate surface area is 213 Å². The third-order valence-electron chi connectivity index (χ3n) is 8.45. The molecule has 6 rings (SSSR count). The molecule has 1 saturated heterocycles. The molecule has 0 amide bonds. The van der Waals surface area contributed by atoms with Gasteiger partial charge in [-0.3, -0.25) is 0 Å². The SMILES string of the molecule is COCCOCCOCCOCCOc1ccc(C2(OC)OOC23C2CC4CC(C2)CC3C4)cc1O. The van der Waals surface area contributed by atoms with Crippen molar-refractivity contribution in [1.29, 1.82) is 0 Å². The second kappa shape index (κ2) is 11.5. The van der Waals surface area contributed by atoms with Crippen LogP contribution in [0.15, 0.2) is 18.2 Å². The standard InChI is InChI=1S/C27H40O9/c1-29-5-6-31-7-8-32-9-10-33-11-12-34-25-4-3-21(18-24(25)28)27(30-2)26(35-36-27)22-14-19-13-20(16-22)17-23(26)15-19/h3-4,18-20,22-23,28H,5-17H2,1-2H3. The highest BCUT2D eigenvalue weighted by atomic mass is 17.3. The third-order valence-corrected chi connectivity index (χ3v) is 8.45. The Hall–Kier alpha value is -1.46. The Morgan fingerprint density at radius 1 is 0.778 bits per heavy atom. The Kier molecular flexibility index (Phi) is 8.37. The quantitative estimate of drug-likeness (QED) is 0.282. The fraction of sp³-hybridized carbons (Fsp3) is 0.778. The Balaban J connectivity index is 1.09. The molecule has 4 bridgehead atoms. The van der Waals surface area contributed by atoms with Crippen LogP contribution >= 0.6 is 0 Å². The van der Waals surface area contributed by atoms with Crippen molar-refractivity contribution >= 4 is 0 Å². The van der Waals surface area contributed by atoms with Crippen molar-refractivity contribution in [2.75, 3.05) is 67.1 Å². The molecule has 1 N–H and O–H groups in total. The first-order chi connectivity index (χ1) is 17.6. The minimum Gasteiger partial charge on any atom is -0.504 e. The molecule has 4 aliphatic carbocycles. The molecule has 1 spiro atoms. The zero-order chi connectivity index (χ0) is 25.0. The van der Waals surface area contributed by atoms with E-state index < -0.39 is 11.4 Å². The number of benzene rings is 1. The van der Waals surface area contributed by atoms with Gasteiger partial charge in [0.15, 0.2) is 17.1 Å². The lowest BCUT2D eigenvalue weighted by Crippen LogP contribution is -2.76. The van der Waals surface area contributed by atoms with Crippen LogP contribution < -0.4 is 4.74 Å². The summed E-state index contributed by atoms with van der Waals surface area (Å²) >= 11 is 0. The highest BCUT2D eigenvalue weighted by Crippen LogP contribution is 2.69. The van der Waals surface area contributed by atoms with Gasteiger partial charge in [-0.25, -0.2) is 4.89 Å². The average molecular weight is 509 g/mol. The van der Waals surface area contributed by atoms with E-state index in [1.807, 2.05) is 6.07 Å². The maximum atomic E-state index is 10.7. The Bertz CT molecular complexity index is 830. The first-order valence-corrected chi connectivity index (χ1v) is 13.2. The van der Waals surface area contributed by atoms with E-state index in [9.17, 15) is 5.11 Å². The summed E-state index contributed by atoms with van der Waals surface area (Å²) < 4.78 is 33.0. The maximum Gasteiger partial charge on any atom is 0.260 e. The fourth-order valence-electron chi connectivity index (χ4n) is 7.10. The van der Waals surface area contributed by atoms with E-state index in [2.05, 4.69) is 0 Å². The summed E-state index contributed by atoms with van der Waals surface area (Å²) in [5, 5.41) is 10.7. The van der Waals surface area contributed by atoms with E-state index in [4.69, 9.17) is 38.2 Å². The summed E-state index contributed by atoms with van der Waals surface area (Å²) in [6.45, 7) is 3.86. The van der Waals surface area contributed by atoms with Gasteiger partial charge in [-0.1, -0.05) is 0 Å². The average Bonchev–Trinajstić information content (AvgIpc) is 2.85.